The highest BCUT2D eigenvalue weighted by atomic mass is 79.9. The van der Waals surface area contributed by atoms with Crippen LogP contribution in [-0.4, -0.2) is 14.8 Å². The van der Waals surface area contributed by atoms with Gasteiger partial charge in [0.05, 0.1) is 5.33 Å². The molecule has 0 saturated heterocycles. The molecule has 3 nitrogen and oxygen atoms in total. The van der Waals surface area contributed by atoms with Gasteiger partial charge in [-0.1, -0.05) is 28.1 Å². The maximum absolute atomic E-state index is 13.1. The quantitative estimate of drug-likeness (QED) is 0.811. The highest BCUT2D eigenvalue weighted by Crippen LogP contribution is 2.20. The summed E-state index contributed by atoms with van der Waals surface area (Å²) in [5.74, 6) is 1.29. The topological polar surface area (TPSA) is 30.7 Å². The Bertz CT molecular complexity index is 496. The summed E-state index contributed by atoms with van der Waals surface area (Å²) in [5, 5.41) is 8.78. The van der Waals surface area contributed by atoms with Crippen molar-refractivity contribution in [1.29, 1.82) is 0 Å². The number of halogens is 2. The summed E-state index contributed by atoms with van der Waals surface area (Å²) in [6.45, 7) is 2.78. The summed E-state index contributed by atoms with van der Waals surface area (Å²) in [5.41, 5.74) is 0.751. The van der Waals surface area contributed by atoms with Crippen LogP contribution in [0.15, 0.2) is 24.3 Å². The van der Waals surface area contributed by atoms with Gasteiger partial charge in [0.2, 0.25) is 0 Å². The molecular formula is C11H11BrFN3. The van der Waals surface area contributed by atoms with E-state index >= 15 is 0 Å². The van der Waals surface area contributed by atoms with Crippen molar-refractivity contribution in [2.24, 2.45) is 0 Å². The van der Waals surface area contributed by atoms with Gasteiger partial charge in [-0.2, -0.15) is 0 Å². The van der Waals surface area contributed by atoms with Gasteiger partial charge < -0.3 is 4.57 Å². The molecule has 0 unspecified atom stereocenters. The number of rotatable bonds is 3. The Morgan fingerprint density at radius 2 is 2.19 bits per heavy atom. The van der Waals surface area contributed by atoms with Crippen LogP contribution >= 0.6 is 15.9 Å². The zero-order valence-corrected chi connectivity index (χ0v) is 10.4. The molecule has 0 amide bonds. The van der Waals surface area contributed by atoms with Crippen LogP contribution in [0, 0.1) is 5.82 Å². The number of hydrogen-bond donors (Lipinski definition) is 0. The molecule has 0 spiro atoms. The van der Waals surface area contributed by atoms with Gasteiger partial charge in [-0.05, 0) is 19.1 Å². The summed E-state index contributed by atoms with van der Waals surface area (Å²) in [6.07, 6.45) is 0. The Morgan fingerprint density at radius 1 is 1.38 bits per heavy atom. The molecule has 0 fully saturated rings. The van der Waals surface area contributed by atoms with Crippen molar-refractivity contribution in [3.05, 3.63) is 35.9 Å². The SMILES string of the molecule is CCn1c(CBr)nnc1-c1cccc(F)c1. The number of nitrogens with zero attached hydrogens (tertiary/aromatic N) is 3. The Balaban J connectivity index is 2.51. The molecule has 2 aromatic rings. The third-order valence-corrected chi connectivity index (χ3v) is 2.85. The molecule has 1 aromatic heterocycles. The van der Waals surface area contributed by atoms with Crippen LogP contribution in [0.2, 0.25) is 0 Å². The normalized spacial score (nSPS) is 10.7. The maximum atomic E-state index is 13.1. The van der Waals surface area contributed by atoms with Crippen molar-refractivity contribution in [2.75, 3.05) is 0 Å². The molecule has 0 radical (unpaired) electrons. The number of aromatic nitrogens is 3. The Hall–Kier alpha value is -1.23. The highest BCUT2D eigenvalue weighted by Gasteiger charge is 2.11. The summed E-state index contributed by atoms with van der Waals surface area (Å²) in [7, 11) is 0. The van der Waals surface area contributed by atoms with Gasteiger partial charge in [0.1, 0.15) is 11.6 Å². The van der Waals surface area contributed by atoms with Gasteiger partial charge >= 0.3 is 0 Å². The molecule has 0 aliphatic carbocycles. The van der Waals surface area contributed by atoms with Crippen LogP contribution < -0.4 is 0 Å². The molecule has 0 atom stereocenters. The van der Waals surface area contributed by atoms with Crippen molar-refractivity contribution in [2.45, 2.75) is 18.8 Å². The first-order chi connectivity index (χ1) is 7.76. The third-order valence-electron chi connectivity index (χ3n) is 2.35. The highest BCUT2D eigenvalue weighted by molar-refractivity contribution is 9.08. The molecule has 5 heteroatoms. The monoisotopic (exact) mass is 283 g/mol. The first kappa shape index (κ1) is 11.3. The van der Waals surface area contributed by atoms with E-state index in [1.165, 1.54) is 12.1 Å². The minimum absolute atomic E-state index is 0.261. The minimum Gasteiger partial charge on any atom is -0.311 e. The average Bonchev–Trinajstić information content (AvgIpc) is 2.71. The van der Waals surface area contributed by atoms with Crippen LogP contribution in [0.25, 0.3) is 11.4 Å². The van der Waals surface area contributed by atoms with Gasteiger partial charge in [0.15, 0.2) is 5.82 Å². The van der Waals surface area contributed by atoms with E-state index in [-0.39, 0.29) is 5.82 Å². The number of hydrogen-bond acceptors (Lipinski definition) is 2. The van der Waals surface area contributed by atoms with Crippen molar-refractivity contribution in [1.82, 2.24) is 14.8 Å². The van der Waals surface area contributed by atoms with E-state index in [1.807, 2.05) is 17.6 Å². The minimum atomic E-state index is -0.261. The predicted molar refractivity (Wildman–Crippen MR) is 63.7 cm³/mol. The zero-order valence-electron chi connectivity index (χ0n) is 8.82. The Kier molecular flexibility index (Phi) is 3.33. The first-order valence-corrected chi connectivity index (χ1v) is 6.12. The number of benzene rings is 1. The lowest BCUT2D eigenvalue weighted by molar-refractivity contribution is 0.627. The van der Waals surface area contributed by atoms with Crippen molar-refractivity contribution < 1.29 is 4.39 Å². The molecule has 0 bridgehead atoms. The zero-order chi connectivity index (χ0) is 11.5. The second-order valence-electron chi connectivity index (χ2n) is 3.33. The van der Waals surface area contributed by atoms with E-state index in [0.29, 0.717) is 11.2 Å². The van der Waals surface area contributed by atoms with Crippen LogP contribution in [0.4, 0.5) is 4.39 Å². The summed E-state index contributed by atoms with van der Waals surface area (Å²) < 4.78 is 15.1. The van der Waals surface area contributed by atoms with Gasteiger partial charge in [0.25, 0.3) is 0 Å². The molecule has 84 valence electrons. The molecule has 1 heterocycles. The van der Waals surface area contributed by atoms with Crippen molar-refractivity contribution in [3.63, 3.8) is 0 Å². The molecule has 0 aliphatic heterocycles. The lowest BCUT2D eigenvalue weighted by atomic mass is 10.2. The molecule has 0 N–H and O–H groups in total. The van der Waals surface area contributed by atoms with Crippen molar-refractivity contribution >= 4 is 15.9 Å². The summed E-state index contributed by atoms with van der Waals surface area (Å²) in [4.78, 5) is 0. The predicted octanol–water partition coefficient (Wildman–Crippen LogP) is 3.00. The summed E-state index contributed by atoms with van der Waals surface area (Å²) >= 11 is 3.35. The maximum Gasteiger partial charge on any atom is 0.164 e. The molecular weight excluding hydrogens is 273 g/mol. The fraction of sp³-hybridized carbons (Fsp3) is 0.273. The second-order valence-corrected chi connectivity index (χ2v) is 3.89. The summed E-state index contributed by atoms with van der Waals surface area (Å²) in [6, 6.07) is 6.39. The van der Waals surface area contributed by atoms with E-state index in [1.54, 1.807) is 6.07 Å². The molecule has 0 aliphatic rings. The van der Waals surface area contributed by atoms with Crippen LogP contribution in [0.5, 0.6) is 0 Å². The van der Waals surface area contributed by atoms with Crippen LogP contribution in [0.3, 0.4) is 0 Å². The largest absolute Gasteiger partial charge is 0.311 e. The van der Waals surface area contributed by atoms with Gasteiger partial charge in [0, 0.05) is 12.1 Å². The van der Waals surface area contributed by atoms with Gasteiger partial charge in [-0.3, -0.25) is 0 Å². The lowest BCUT2D eigenvalue weighted by Gasteiger charge is -2.05. The van der Waals surface area contributed by atoms with E-state index in [0.717, 1.165) is 17.9 Å². The molecule has 2 rings (SSSR count). The van der Waals surface area contributed by atoms with E-state index < -0.39 is 0 Å². The average molecular weight is 284 g/mol. The second kappa shape index (κ2) is 4.74. The van der Waals surface area contributed by atoms with E-state index in [9.17, 15) is 4.39 Å². The van der Waals surface area contributed by atoms with E-state index in [2.05, 4.69) is 26.1 Å². The first-order valence-electron chi connectivity index (χ1n) is 5.00. The fourth-order valence-electron chi connectivity index (χ4n) is 1.61. The Labute approximate surface area is 101 Å². The van der Waals surface area contributed by atoms with Crippen LogP contribution in [-0.2, 0) is 11.9 Å². The van der Waals surface area contributed by atoms with E-state index in [4.69, 9.17) is 0 Å². The van der Waals surface area contributed by atoms with Gasteiger partial charge in [-0.15, -0.1) is 10.2 Å². The molecule has 1 aromatic carbocycles. The van der Waals surface area contributed by atoms with Crippen molar-refractivity contribution in [3.8, 4) is 11.4 Å². The lowest BCUT2D eigenvalue weighted by Crippen LogP contribution is -2.01. The fourth-order valence-corrected chi connectivity index (χ4v) is 2.02. The van der Waals surface area contributed by atoms with Gasteiger partial charge in [-0.25, -0.2) is 4.39 Å². The molecule has 0 saturated carbocycles. The smallest absolute Gasteiger partial charge is 0.164 e. The number of alkyl halides is 1. The molecule has 16 heavy (non-hydrogen) atoms. The standard InChI is InChI=1S/C11H11BrFN3/c1-2-16-10(7-12)14-15-11(16)8-4-3-5-9(13)6-8/h3-6H,2,7H2,1H3. The van der Waals surface area contributed by atoms with Crippen LogP contribution in [0.1, 0.15) is 12.7 Å². The Morgan fingerprint density at radius 3 is 2.81 bits per heavy atom. The third kappa shape index (κ3) is 2.00.